The third kappa shape index (κ3) is 3.74. The monoisotopic (exact) mass is 407 g/mol. The maximum absolute atomic E-state index is 13.0. The lowest BCUT2D eigenvalue weighted by Crippen LogP contribution is -2.45. The number of hydrogen-bond donors (Lipinski definition) is 1. The maximum Gasteiger partial charge on any atom is 0.410 e. The van der Waals surface area contributed by atoms with E-state index in [1.165, 1.54) is 10.9 Å². The molecule has 30 heavy (non-hydrogen) atoms. The molecule has 2 heterocycles. The van der Waals surface area contributed by atoms with Gasteiger partial charge in [0.2, 0.25) is 5.91 Å². The number of hydrogen-bond acceptors (Lipinski definition) is 3. The molecule has 0 aliphatic carbocycles. The smallest absolute Gasteiger partial charge is 0.410 e. The van der Waals surface area contributed by atoms with E-state index in [0.717, 1.165) is 29.6 Å². The highest BCUT2D eigenvalue weighted by atomic mass is 16.6. The van der Waals surface area contributed by atoms with E-state index in [2.05, 4.69) is 35.0 Å². The van der Waals surface area contributed by atoms with Crippen LogP contribution in [0, 0.1) is 0 Å². The number of nitrogens with one attached hydrogen (secondary N) is 1. The van der Waals surface area contributed by atoms with Gasteiger partial charge in [0.1, 0.15) is 11.6 Å². The van der Waals surface area contributed by atoms with Gasteiger partial charge in [-0.15, -0.1) is 0 Å². The lowest BCUT2D eigenvalue weighted by molar-refractivity contribution is -0.120. The number of carbonyl (C=O) groups is 2. The van der Waals surface area contributed by atoms with Crippen LogP contribution in [0.15, 0.2) is 42.5 Å². The molecule has 2 aromatic carbocycles. The van der Waals surface area contributed by atoms with Crippen LogP contribution in [0.4, 0.5) is 10.5 Å². The summed E-state index contributed by atoms with van der Waals surface area (Å²) in [6.45, 7) is 9.04. The molecule has 1 atom stereocenters. The fraction of sp³-hybridized carbons (Fsp3) is 0.417. The number of para-hydroxylation sites is 1. The molecule has 4 rings (SSSR count). The van der Waals surface area contributed by atoms with Crippen LogP contribution in [0.1, 0.15) is 40.5 Å². The molecule has 1 saturated heterocycles. The predicted octanol–water partition coefficient (Wildman–Crippen LogP) is 5.15. The van der Waals surface area contributed by atoms with Crippen LogP contribution < -0.4 is 5.32 Å². The first-order chi connectivity index (χ1) is 14.3. The minimum Gasteiger partial charge on any atom is -0.444 e. The number of nitrogens with zero attached hydrogens (tertiary/aromatic N) is 2. The summed E-state index contributed by atoms with van der Waals surface area (Å²) in [7, 11) is 0. The zero-order valence-corrected chi connectivity index (χ0v) is 18.1. The summed E-state index contributed by atoms with van der Waals surface area (Å²) in [5, 5.41) is 5.30. The van der Waals surface area contributed by atoms with E-state index >= 15 is 0 Å². The van der Waals surface area contributed by atoms with Gasteiger partial charge in [-0.1, -0.05) is 18.2 Å². The molecular weight excluding hydrogens is 378 g/mol. The fourth-order valence-electron chi connectivity index (χ4n) is 4.28. The summed E-state index contributed by atoms with van der Waals surface area (Å²) in [5.41, 5.74) is 2.49. The molecule has 158 valence electrons. The van der Waals surface area contributed by atoms with Gasteiger partial charge in [-0.3, -0.25) is 9.69 Å². The minimum absolute atomic E-state index is 0.170. The Kier molecular flexibility index (Phi) is 5.18. The van der Waals surface area contributed by atoms with Crippen LogP contribution >= 0.6 is 0 Å². The third-order valence-corrected chi connectivity index (χ3v) is 5.54. The van der Waals surface area contributed by atoms with E-state index in [0.29, 0.717) is 13.0 Å². The second kappa shape index (κ2) is 7.67. The summed E-state index contributed by atoms with van der Waals surface area (Å²) in [4.78, 5) is 27.0. The van der Waals surface area contributed by atoms with Crippen molar-refractivity contribution in [3.63, 3.8) is 0 Å². The first-order valence-electron chi connectivity index (χ1n) is 10.6. The largest absolute Gasteiger partial charge is 0.444 e. The Morgan fingerprint density at radius 2 is 1.83 bits per heavy atom. The fourth-order valence-corrected chi connectivity index (χ4v) is 4.28. The number of benzene rings is 2. The van der Waals surface area contributed by atoms with Crippen molar-refractivity contribution in [2.45, 2.75) is 58.7 Å². The van der Waals surface area contributed by atoms with Crippen LogP contribution in [0.3, 0.4) is 0 Å². The highest BCUT2D eigenvalue weighted by Gasteiger charge is 2.36. The first kappa shape index (κ1) is 20.3. The zero-order valence-electron chi connectivity index (χ0n) is 18.1. The van der Waals surface area contributed by atoms with Gasteiger partial charge in [0, 0.05) is 40.6 Å². The Balaban J connectivity index is 1.59. The number of likely N-dealkylation sites (tertiary alicyclic amines) is 1. The molecule has 1 aliphatic rings. The number of ether oxygens (including phenoxy) is 1. The van der Waals surface area contributed by atoms with Gasteiger partial charge in [-0.05, 0) is 64.8 Å². The Bertz CT molecular complexity index is 1110. The second-order valence-corrected chi connectivity index (χ2v) is 8.81. The number of anilines is 1. The molecule has 0 radical (unpaired) electrons. The predicted molar refractivity (Wildman–Crippen MR) is 120 cm³/mol. The molecule has 1 unspecified atom stereocenters. The maximum atomic E-state index is 13.0. The summed E-state index contributed by atoms with van der Waals surface area (Å²) in [6.07, 6.45) is 1.00. The van der Waals surface area contributed by atoms with Crippen LogP contribution in [0.25, 0.3) is 21.8 Å². The van der Waals surface area contributed by atoms with E-state index < -0.39 is 17.7 Å². The van der Waals surface area contributed by atoms with E-state index in [1.807, 2.05) is 45.0 Å². The van der Waals surface area contributed by atoms with Gasteiger partial charge in [0.25, 0.3) is 0 Å². The van der Waals surface area contributed by atoms with Crippen molar-refractivity contribution in [2.24, 2.45) is 0 Å². The molecule has 0 saturated carbocycles. The van der Waals surface area contributed by atoms with E-state index in [1.54, 1.807) is 4.90 Å². The van der Waals surface area contributed by atoms with Gasteiger partial charge in [0.15, 0.2) is 0 Å². The molecule has 1 fully saturated rings. The van der Waals surface area contributed by atoms with Gasteiger partial charge in [-0.25, -0.2) is 4.79 Å². The van der Waals surface area contributed by atoms with Crippen LogP contribution in [0.5, 0.6) is 0 Å². The summed E-state index contributed by atoms with van der Waals surface area (Å²) in [6, 6.07) is 13.8. The zero-order chi connectivity index (χ0) is 21.5. The van der Waals surface area contributed by atoms with Crippen molar-refractivity contribution >= 4 is 39.5 Å². The van der Waals surface area contributed by atoms with E-state index in [-0.39, 0.29) is 5.91 Å². The Hall–Kier alpha value is -3.02. The highest BCUT2D eigenvalue weighted by molar-refractivity contribution is 6.10. The van der Waals surface area contributed by atoms with Crippen LogP contribution in [-0.4, -0.2) is 39.7 Å². The average Bonchev–Trinajstić information content (AvgIpc) is 3.29. The van der Waals surface area contributed by atoms with Crippen molar-refractivity contribution < 1.29 is 14.3 Å². The van der Waals surface area contributed by atoms with Gasteiger partial charge < -0.3 is 14.6 Å². The molecule has 6 heteroatoms. The van der Waals surface area contributed by atoms with Gasteiger partial charge in [0.05, 0.1) is 0 Å². The number of aryl methyl sites for hydroxylation is 1. The van der Waals surface area contributed by atoms with Crippen molar-refractivity contribution in [2.75, 3.05) is 11.9 Å². The average molecular weight is 408 g/mol. The van der Waals surface area contributed by atoms with Crippen LogP contribution in [0.2, 0.25) is 0 Å². The molecule has 3 aromatic rings. The SMILES string of the molecule is CCn1c2ccccc2c2cc(NC(=O)C3CCCN3C(=O)OC(C)(C)C)ccc21. The Morgan fingerprint density at radius 3 is 2.57 bits per heavy atom. The molecule has 1 aliphatic heterocycles. The standard InChI is InChI=1S/C24H29N3O3/c1-5-26-19-10-7-6-9-17(19)18-15-16(12-13-20(18)26)25-22(28)21-11-8-14-27(21)23(29)30-24(2,3)4/h6-7,9-10,12-13,15,21H,5,8,11,14H2,1-4H3,(H,25,28). The minimum atomic E-state index is -0.584. The first-order valence-corrected chi connectivity index (χ1v) is 10.6. The number of fused-ring (bicyclic) bond motifs is 3. The topological polar surface area (TPSA) is 63.6 Å². The molecule has 6 nitrogen and oxygen atoms in total. The lowest BCUT2D eigenvalue weighted by atomic mass is 10.1. The molecule has 2 amide bonds. The molecular formula is C24H29N3O3. The molecule has 0 bridgehead atoms. The van der Waals surface area contributed by atoms with Gasteiger partial charge in [-0.2, -0.15) is 0 Å². The third-order valence-electron chi connectivity index (χ3n) is 5.54. The summed E-state index contributed by atoms with van der Waals surface area (Å²) < 4.78 is 7.75. The normalized spacial score (nSPS) is 16.9. The van der Waals surface area contributed by atoms with Crippen LogP contribution in [-0.2, 0) is 16.1 Å². The second-order valence-electron chi connectivity index (χ2n) is 8.81. The highest BCUT2D eigenvalue weighted by Crippen LogP contribution is 2.31. The van der Waals surface area contributed by atoms with E-state index in [9.17, 15) is 9.59 Å². The number of carbonyl (C=O) groups excluding carboxylic acids is 2. The van der Waals surface area contributed by atoms with Gasteiger partial charge >= 0.3 is 6.09 Å². The molecule has 1 N–H and O–H groups in total. The van der Waals surface area contributed by atoms with Crippen molar-refractivity contribution in [3.05, 3.63) is 42.5 Å². The van der Waals surface area contributed by atoms with Crippen molar-refractivity contribution in [1.82, 2.24) is 9.47 Å². The Labute approximate surface area is 176 Å². The summed E-state index contributed by atoms with van der Waals surface area (Å²) >= 11 is 0. The lowest BCUT2D eigenvalue weighted by Gasteiger charge is -2.28. The van der Waals surface area contributed by atoms with Crippen molar-refractivity contribution in [3.8, 4) is 0 Å². The summed E-state index contributed by atoms with van der Waals surface area (Å²) in [5.74, 6) is -0.170. The number of amides is 2. The number of rotatable bonds is 3. The van der Waals surface area contributed by atoms with E-state index in [4.69, 9.17) is 4.74 Å². The Morgan fingerprint density at radius 1 is 1.10 bits per heavy atom. The molecule has 1 aromatic heterocycles. The van der Waals surface area contributed by atoms with Crippen molar-refractivity contribution in [1.29, 1.82) is 0 Å². The number of aromatic nitrogens is 1. The molecule has 0 spiro atoms. The quantitative estimate of drug-likeness (QED) is 0.653.